The number of methoxy groups -OCH3 is 1. The fourth-order valence-corrected chi connectivity index (χ4v) is 1.94. The molecule has 1 aliphatic heterocycles. The van der Waals surface area contributed by atoms with Crippen LogP contribution in [0.15, 0.2) is 0 Å². The van der Waals surface area contributed by atoms with Crippen LogP contribution < -0.4 is 0 Å². The third kappa shape index (κ3) is 2.34. The van der Waals surface area contributed by atoms with Gasteiger partial charge in [0.15, 0.2) is 0 Å². The Hall–Kier alpha value is -0.410. The Morgan fingerprint density at radius 1 is 1.50 bits per heavy atom. The predicted molar refractivity (Wildman–Crippen MR) is 56.4 cm³/mol. The van der Waals surface area contributed by atoms with Gasteiger partial charge in [-0.05, 0) is 40.2 Å². The zero-order valence-corrected chi connectivity index (χ0v) is 9.67. The molecule has 1 rings (SSSR count). The van der Waals surface area contributed by atoms with Crippen molar-refractivity contribution in [3.8, 4) is 0 Å². The minimum Gasteiger partial charge on any atom is -0.377 e. The Bertz CT molecular complexity index is 215. The van der Waals surface area contributed by atoms with Crippen LogP contribution in [-0.4, -0.2) is 42.5 Å². The molecule has 0 radical (unpaired) electrons. The largest absolute Gasteiger partial charge is 0.377 e. The van der Waals surface area contributed by atoms with E-state index in [9.17, 15) is 4.79 Å². The number of likely N-dealkylation sites (tertiary alicyclic amines) is 1. The number of carbonyl (C=O) groups is 1. The summed E-state index contributed by atoms with van der Waals surface area (Å²) < 4.78 is 5.49. The second kappa shape index (κ2) is 3.99. The smallest absolute Gasteiger partial charge is 0.139 e. The maximum absolute atomic E-state index is 10.9. The number of hydrogen-bond acceptors (Lipinski definition) is 3. The third-order valence-electron chi connectivity index (χ3n) is 3.26. The molecule has 0 aromatic heterocycles. The van der Waals surface area contributed by atoms with E-state index >= 15 is 0 Å². The summed E-state index contributed by atoms with van der Waals surface area (Å²) in [4.78, 5) is 13.1. The summed E-state index contributed by atoms with van der Waals surface area (Å²) in [5, 5.41) is 0. The molecule has 1 heterocycles. The van der Waals surface area contributed by atoms with E-state index in [1.807, 2.05) is 13.8 Å². The molecule has 3 heteroatoms. The molecule has 1 unspecified atom stereocenters. The van der Waals surface area contributed by atoms with Crippen molar-refractivity contribution in [2.45, 2.75) is 44.8 Å². The van der Waals surface area contributed by atoms with Crippen LogP contribution in [0.4, 0.5) is 0 Å². The highest BCUT2D eigenvalue weighted by atomic mass is 16.5. The molecular formula is C11H21NO2. The van der Waals surface area contributed by atoms with Gasteiger partial charge in [0, 0.05) is 13.7 Å². The second-order valence-corrected chi connectivity index (χ2v) is 4.95. The monoisotopic (exact) mass is 199 g/mol. The highest BCUT2D eigenvalue weighted by molar-refractivity contribution is 5.62. The van der Waals surface area contributed by atoms with Gasteiger partial charge < -0.3 is 9.53 Å². The Balaban J connectivity index is 2.69. The number of piperidine rings is 1. The van der Waals surface area contributed by atoms with Gasteiger partial charge in [0.1, 0.15) is 6.29 Å². The van der Waals surface area contributed by atoms with Gasteiger partial charge >= 0.3 is 0 Å². The summed E-state index contributed by atoms with van der Waals surface area (Å²) in [5.74, 6) is 0. The van der Waals surface area contributed by atoms with Crippen LogP contribution in [0, 0.1) is 0 Å². The van der Waals surface area contributed by atoms with E-state index in [1.54, 1.807) is 7.11 Å². The fraction of sp³-hybridized carbons (Fsp3) is 0.909. The summed E-state index contributed by atoms with van der Waals surface area (Å²) in [5.41, 5.74) is -0.446. The molecule has 0 saturated carbocycles. The molecule has 0 N–H and O–H groups in total. The zero-order valence-electron chi connectivity index (χ0n) is 9.67. The summed E-state index contributed by atoms with van der Waals surface area (Å²) in [6.45, 7) is 7.86. The van der Waals surface area contributed by atoms with Crippen LogP contribution in [0.3, 0.4) is 0 Å². The van der Waals surface area contributed by atoms with Gasteiger partial charge in [-0.2, -0.15) is 0 Å². The number of nitrogens with zero attached hydrogens (tertiary/aromatic N) is 1. The molecule has 1 atom stereocenters. The molecule has 0 spiro atoms. The first-order chi connectivity index (χ1) is 6.43. The van der Waals surface area contributed by atoms with E-state index in [0.29, 0.717) is 0 Å². The molecule has 82 valence electrons. The molecule has 0 bridgehead atoms. The SMILES string of the molecule is COC1(C)CCCN(C(C)(C)C=O)C1. The average Bonchev–Trinajstić information content (AvgIpc) is 2.18. The maximum atomic E-state index is 10.9. The van der Waals surface area contributed by atoms with Crippen molar-refractivity contribution in [3.05, 3.63) is 0 Å². The first-order valence-corrected chi connectivity index (χ1v) is 5.20. The summed E-state index contributed by atoms with van der Waals surface area (Å²) in [6, 6.07) is 0. The maximum Gasteiger partial charge on any atom is 0.139 e. The van der Waals surface area contributed by atoms with E-state index < -0.39 is 0 Å². The van der Waals surface area contributed by atoms with E-state index in [4.69, 9.17) is 4.74 Å². The van der Waals surface area contributed by atoms with Gasteiger partial charge in [-0.1, -0.05) is 0 Å². The molecule has 3 nitrogen and oxygen atoms in total. The van der Waals surface area contributed by atoms with Crippen molar-refractivity contribution in [3.63, 3.8) is 0 Å². The highest BCUT2D eigenvalue weighted by Crippen LogP contribution is 2.27. The number of rotatable bonds is 3. The number of hydrogen-bond donors (Lipinski definition) is 0. The molecule has 1 aliphatic rings. The molecule has 1 fully saturated rings. The third-order valence-corrected chi connectivity index (χ3v) is 3.26. The lowest BCUT2D eigenvalue weighted by molar-refractivity contribution is -0.123. The van der Waals surface area contributed by atoms with Crippen LogP contribution in [0.5, 0.6) is 0 Å². The normalized spacial score (nSPS) is 30.3. The van der Waals surface area contributed by atoms with Gasteiger partial charge in [-0.15, -0.1) is 0 Å². The fourth-order valence-electron chi connectivity index (χ4n) is 1.94. The second-order valence-electron chi connectivity index (χ2n) is 4.95. The molecule has 0 amide bonds. The number of carbonyl (C=O) groups excluding carboxylic acids is 1. The molecule has 0 aromatic carbocycles. The van der Waals surface area contributed by atoms with E-state index in [2.05, 4.69) is 11.8 Å². The van der Waals surface area contributed by atoms with Crippen LogP contribution in [0.1, 0.15) is 33.6 Å². The van der Waals surface area contributed by atoms with Gasteiger partial charge in [0.2, 0.25) is 0 Å². The summed E-state index contributed by atoms with van der Waals surface area (Å²) in [6.07, 6.45) is 3.20. The number of aldehydes is 1. The van der Waals surface area contributed by atoms with Crippen molar-refractivity contribution < 1.29 is 9.53 Å². The van der Waals surface area contributed by atoms with Crippen molar-refractivity contribution in [2.24, 2.45) is 0 Å². The van der Waals surface area contributed by atoms with Gasteiger partial charge in [-0.3, -0.25) is 4.90 Å². The Kier molecular flexibility index (Phi) is 3.32. The molecular weight excluding hydrogens is 178 g/mol. The van der Waals surface area contributed by atoms with E-state index in [1.165, 1.54) is 0 Å². The lowest BCUT2D eigenvalue weighted by atomic mass is 9.91. The average molecular weight is 199 g/mol. The Labute approximate surface area is 86.4 Å². The van der Waals surface area contributed by atoms with E-state index in [0.717, 1.165) is 32.2 Å². The van der Waals surface area contributed by atoms with Crippen molar-refractivity contribution in [1.29, 1.82) is 0 Å². The minimum absolute atomic E-state index is 0.0848. The standard InChI is InChI=1S/C11H21NO2/c1-10(2,9-13)12-7-5-6-11(3,8-12)14-4/h9H,5-8H2,1-4H3. The van der Waals surface area contributed by atoms with Crippen molar-refractivity contribution in [1.82, 2.24) is 4.90 Å². The van der Waals surface area contributed by atoms with Crippen LogP contribution in [0.2, 0.25) is 0 Å². The molecule has 1 saturated heterocycles. The highest BCUT2D eigenvalue weighted by Gasteiger charge is 2.37. The first kappa shape index (κ1) is 11.7. The quantitative estimate of drug-likeness (QED) is 0.645. The topological polar surface area (TPSA) is 29.5 Å². The molecule has 14 heavy (non-hydrogen) atoms. The lowest BCUT2D eigenvalue weighted by Crippen LogP contribution is -2.56. The molecule has 0 aliphatic carbocycles. The Morgan fingerprint density at radius 3 is 2.64 bits per heavy atom. The van der Waals surface area contributed by atoms with Crippen molar-refractivity contribution >= 4 is 6.29 Å². The zero-order chi connectivity index (χ0) is 10.8. The lowest BCUT2D eigenvalue weighted by Gasteiger charge is -2.44. The van der Waals surface area contributed by atoms with Crippen molar-refractivity contribution in [2.75, 3.05) is 20.2 Å². The predicted octanol–water partition coefficient (Wildman–Crippen LogP) is 1.46. The minimum atomic E-state index is -0.361. The van der Waals surface area contributed by atoms with Crippen LogP contribution >= 0.6 is 0 Å². The van der Waals surface area contributed by atoms with Gasteiger partial charge in [-0.25, -0.2) is 0 Å². The number of ether oxygens (including phenoxy) is 1. The van der Waals surface area contributed by atoms with E-state index in [-0.39, 0.29) is 11.1 Å². The first-order valence-electron chi connectivity index (χ1n) is 5.20. The van der Waals surface area contributed by atoms with Crippen LogP contribution in [-0.2, 0) is 9.53 Å². The molecule has 0 aromatic rings. The summed E-state index contributed by atoms with van der Waals surface area (Å²) in [7, 11) is 1.75. The van der Waals surface area contributed by atoms with Gasteiger partial charge in [0.25, 0.3) is 0 Å². The van der Waals surface area contributed by atoms with Gasteiger partial charge in [0.05, 0.1) is 11.1 Å². The summed E-state index contributed by atoms with van der Waals surface area (Å²) >= 11 is 0. The Morgan fingerprint density at radius 2 is 2.14 bits per heavy atom. The van der Waals surface area contributed by atoms with Crippen LogP contribution in [0.25, 0.3) is 0 Å².